The molecule has 4 nitrogen and oxygen atoms in total. The van der Waals surface area contributed by atoms with Gasteiger partial charge in [0.15, 0.2) is 0 Å². The first-order chi connectivity index (χ1) is 19.8. The molecule has 0 saturated carbocycles. The van der Waals surface area contributed by atoms with Gasteiger partial charge < -0.3 is 19.8 Å². The van der Waals surface area contributed by atoms with Crippen LogP contribution in [0, 0.1) is 10.8 Å². The van der Waals surface area contributed by atoms with Crippen LogP contribution in [0.4, 0.5) is 0 Å². The molecule has 0 aromatic rings. The molecule has 0 aliphatic rings. The number of carbonyl (C=O) groups excluding carboxylic acids is 2. The van der Waals surface area contributed by atoms with E-state index in [-0.39, 0.29) is 32.3 Å². The maximum atomic E-state index is 10.2. The Bertz CT molecular complexity index is 540. The minimum absolute atomic E-state index is 0. The van der Waals surface area contributed by atoms with Crippen LogP contribution in [0.1, 0.15) is 221 Å². The van der Waals surface area contributed by atoms with Crippen molar-refractivity contribution in [3.05, 3.63) is 0 Å². The molecule has 43 heavy (non-hydrogen) atoms. The molecule has 5 heteroatoms. The van der Waals surface area contributed by atoms with Crippen molar-refractivity contribution in [2.75, 3.05) is 0 Å². The van der Waals surface area contributed by atoms with E-state index in [9.17, 15) is 19.8 Å². The average molecular weight is 660 g/mol. The molecule has 0 fully saturated rings. The summed E-state index contributed by atoms with van der Waals surface area (Å²) in [5.74, 6) is -1.81. The molecule has 0 saturated heterocycles. The third kappa shape index (κ3) is 51.4. The summed E-state index contributed by atoms with van der Waals surface area (Å²) in [4.78, 5) is 20.5. The Balaban J connectivity index is -0.000000727. The minimum Gasteiger partial charge on any atom is -0.550 e. The number of hydrogen-bond donors (Lipinski definition) is 0. The SMILES string of the molecule is CC(C)(C)CCCCCCCCCCCCCCC(=O)[O-].CC(C)(C)CCCCCCCCCCCCCCC(=O)[O-].[Zn+2]. The Morgan fingerprint density at radius 3 is 0.674 bits per heavy atom. The van der Waals surface area contributed by atoms with Crippen LogP contribution in [0.3, 0.4) is 0 Å². The Labute approximate surface area is 282 Å². The van der Waals surface area contributed by atoms with Crippen molar-refractivity contribution >= 4 is 11.9 Å². The third-order valence-electron chi connectivity index (χ3n) is 8.12. The van der Waals surface area contributed by atoms with Crippen LogP contribution in [-0.4, -0.2) is 11.9 Å². The maximum absolute atomic E-state index is 10.2. The zero-order valence-corrected chi connectivity index (χ0v) is 33.1. The third-order valence-corrected chi connectivity index (χ3v) is 8.12. The molecule has 0 aromatic heterocycles. The van der Waals surface area contributed by atoms with Gasteiger partial charge in [-0.3, -0.25) is 0 Å². The van der Waals surface area contributed by atoms with Gasteiger partial charge in [0.25, 0.3) is 0 Å². The summed E-state index contributed by atoms with van der Waals surface area (Å²) in [5.41, 5.74) is 1.00. The van der Waals surface area contributed by atoms with Gasteiger partial charge in [0, 0.05) is 11.9 Å². The quantitative estimate of drug-likeness (QED) is 0.0618. The second-order valence-electron chi connectivity index (χ2n) is 15.4. The number of carboxylic acid groups (broad SMARTS) is 2. The van der Waals surface area contributed by atoms with Crippen LogP contribution in [0.25, 0.3) is 0 Å². The molecule has 0 rings (SSSR count). The van der Waals surface area contributed by atoms with Gasteiger partial charge in [0.2, 0.25) is 0 Å². The largest absolute Gasteiger partial charge is 2.00 e. The first-order valence-electron chi connectivity index (χ1n) is 18.2. The number of hydrogen-bond acceptors (Lipinski definition) is 4. The van der Waals surface area contributed by atoms with Crippen molar-refractivity contribution in [1.82, 2.24) is 0 Å². The van der Waals surface area contributed by atoms with Crippen LogP contribution in [-0.2, 0) is 29.1 Å². The molecule has 0 aliphatic carbocycles. The Morgan fingerprint density at radius 1 is 0.349 bits per heavy atom. The Morgan fingerprint density at radius 2 is 0.512 bits per heavy atom. The van der Waals surface area contributed by atoms with Crippen LogP contribution in [0.5, 0.6) is 0 Å². The van der Waals surface area contributed by atoms with E-state index in [0.717, 1.165) is 25.7 Å². The zero-order chi connectivity index (χ0) is 32.0. The summed E-state index contributed by atoms with van der Waals surface area (Å²) < 4.78 is 0. The monoisotopic (exact) mass is 658 g/mol. The van der Waals surface area contributed by atoms with Gasteiger partial charge in [0.05, 0.1) is 0 Å². The second kappa shape index (κ2) is 32.9. The van der Waals surface area contributed by atoms with Gasteiger partial charge in [-0.2, -0.15) is 0 Å². The summed E-state index contributed by atoms with van der Waals surface area (Å²) in [7, 11) is 0. The van der Waals surface area contributed by atoms with E-state index in [2.05, 4.69) is 41.5 Å². The predicted octanol–water partition coefficient (Wildman–Crippen LogP) is 10.5. The summed E-state index contributed by atoms with van der Waals surface area (Å²) in [6, 6.07) is 0. The summed E-state index contributed by atoms with van der Waals surface area (Å²) in [6.07, 6.45) is 33.7. The molecule has 0 heterocycles. The maximum Gasteiger partial charge on any atom is 2.00 e. The van der Waals surface area contributed by atoms with Crippen LogP contribution < -0.4 is 10.2 Å². The molecule has 0 N–H and O–H groups in total. The molecule has 0 spiro atoms. The van der Waals surface area contributed by atoms with Crippen LogP contribution >= 0.6 is 0 Å². The molecule has 0 atom stereocenters. The molecule has 0 bridgehead atoms. The summed E-state index contributed by atoms with van der Waals surface area (Å²) >= 11 is 0. The molecular weight excluding hydrogens is 586 g/mol. The summed E-state index contributed by atoms with van der Waals surface area (Å²) in [6.45, 7) is 13.9. The number of carbonyl (C=O) groups is 2. The average Bonchev–Trinajstić information content (AvgIpc) is 2.88. The van der Waals surface area contributed by atoms with Crippen molar-refractivity contribution in [3.8, 4) is 0 Å². The molecule has 0 amide bonds. The fourth-order valence-corrected chi connectivity index (χ4v) is 5.38. The number of carboxylic acids is 2. The number of rotatable bonds is 28. The van der Waals surface area contributed by atoms with Crippen molar-refractivity contribution in [2.24, 2.45) is 10.8 Å². The zero-order valence-electron chi connectivity index (χ0n) is 30.1. The van der Waals surface area contributed by atoms with E-state index < -0.39 is 11.9 Å². The first-order valence-corrected chi connectivity index (χ1v) is 18.2. The van der Waals surface area contributed by atoms with Gasteiger partial charge >= 0.3 is 19.5 Å². The van der Waals surface area contributed by atoms with Gasteiger partial charge in [0.1, 0.15) is 0 Å². The minimum atomic E-state index is -0.905. The van der Waals surface area contributed by atoms with Crippen molar-refractivity contribution in [3.63, 3.8) is 0 Å². The molecular formula is C38H74O4Zn. The smallest absolute Gasteiger partial charge is 0.550 e. The van der Waals surface area contributed by atoms with Crippen molar-refractivity contribution < 1.29 is 39.3 Å². The van der Waals surface area contributed by atoms with E-state index >= 15 is 0 Å². The second-order valence-corrected chi connectivity index (χ2v) is 15.4. The molecule has 0 aliphatic heterocycles. The van der Waals surface area contributed by atoms with Gasteiger partial charge in [-0.25, -0.2) is 0 Å². The van der Waals surface area contributed by atoms with Crippen molar-refractivity contribution in [1.29, 1.82) is 0 Å². The fourth-order valence-electron chi connectivity index (χ4n) is 5.38. The molecule has 0 unspecified atom stereocenters. The van der Waals surface area contributed by atoms with Gasteiger partial charge in [-0.1, -0.05) is 183 Å². The van der Waals surface area contributed by atoms with E-state index in [4.69, 9.17) is 0 Å². The van der Waals surface area contributed by atoms with Crippen LogP contribution in [0.15, 0.2) is 0 Å². The predicted molar refractivity (Wildman–Crippen MR) is 178 cm³/mol. The molecule has 0 aromatic carbocycles. The van der Waals surface area contributed by atoms with Crippen molar-refractivity contribution in [2.45, 2.75) is 221 Å². The standard InChI is InChI=1S/2C19H38O2.Zn/c2*1-19(2,3)17-15-13-11-9-7-5-4-6-8-10-12-14-16-18(20)21;/h2*4-17H2,1-3H3,(H,20,21);/q;;+2/p-2. The van der Waals surface area contributed by atoms with E-state index in [1.54, 1.807) is 0 Å². The Hall–Kier alpha value is -0.437. The summed E-state index contributed by atoms with van der Waals surface area (Å²) in [5, 5.41) is 20.5. The fraction of sp³-hybridized carbons (Fsp3) is 0.947. The van der Waals surface area contributed by atoms with E-state index in [1.807, 2.05) is 0 Å². The number of aliphatic carboxylic acids is 2. The normalized spacial score (nSPS) is 11.5. The number of unbranched alkanes of at least 4 members (excludes halogenated alkanes) is 22. The van der Waals surface area contributed by atoms with Gasteiger partial charge in [-0.05, 0) is 49.4 Å². The topological polar surface area (TPSA) is 80.3 Å². The van der Waals surface area contributed by atoms with Gasteiger partial charge in [-0.15, -0.1) is 0 Å². The Kier molecular flexibility index (Phi) is 36.0. The van der Waals surface area contributed by atoms with E-state index in [1.165, 1.54) is 141 Å². The first kappa shape index (κ1) is 47.0. The van der Waals surface area contributed by atoms with Crippen LogP contribution in [0.2, 0.25) is 0 Å². The molecule has 252 valence electrons. The molecule has 0 radical (unpaired) electrons. The van der Waals surface area contributed by atoms with E-state index in [0.29, 0.717) is 10.8 Å².